The van der Waals surface area contributed by atoms with Gasteiger partial charge in [-0.05, 0) is 52.5 Å². The van der Waals surface area contributed by atoms with Gasteiger partial charge in [-0.2, -0.15) is 4.31 Å². The number of nitrogens with zero attached hydrogens (tertiary/aromatic N) is 1. The molecule has 0 spiro atoms. The second kappa shape index (κ2) is 8.39. The summed E-state index contributed by atoms with van der Waals surface area (Å²) in [6.07, 6.45) is 1.34. The van der Waals surface area contributed by atoms with Crippen LogP contribution in [0.3, 0.4) is 0 Å². The first kappa shape index (κ1) is 19.8. The van der Waals surface area contributed by atoms with Crippen molar-refractivity contribution in [3.8, 4) is 0 Å². The number of hydrogen-bond acceptors (Lipinski definition) is 4. The molecule has 3 rings (SSSR count). The summed E-state index contributed by atoms with van der Waals surface area (Å²) in [5.74, 6) is -0.499. The van der Waals surface area contributed by atoms with E-state index in [9.17, 15) is 13.2 Å². The Bertz CT molecular complexity index is 901. The van der Waals surface area contributed by atoms with Crippen LogP contribution in [0.15, 0.2) is 44.4 Å². The molecule has 1 aromatic carbocycles. The van der Waals surface area contributed by atoms with E-state index >= 15 is 0 Å². The smallest absolute Gasteiger partial charge is 0.252 e. The Morgan fingerprint density at radius 2 is 2.08 bits per heavy atom. The van der Waals surface area contributed by atoms with Gasteiger partial charge in [0.25, 0.3) is 10.0 Å². The quantitative estimate of drug-likeness (QED) is 0.711. The normalized spacial score (nSPS) is 18.6. The summed E-state index contributed by atoms with van der Waals surface area (Å²) >= 11 is 10.6. The van der Waals surface area contributed by atoms with Gasteiger partial charge in [-0.25, -0.2) is 8.42 Å². The van der Waals surface area contributed by atoms with Crippen LogP contribution in [-0.4, -0.2) is 31.7 Å². The number of halogens is 2. The molecule has 1 saturated heterocycles. The maximum Gasteiger partial charge on any atom is 0.252 e. The van der Waals surface area contributed by atoms with Crippen LogP contribution in [0.2, 0.25) is 5.02 Å². The van der Waals surface area contributed by atoms with E-state index in [0.29, 0.717) is 35.2 Å². The number of piperidine rings is 1. The lowest BCUT2D eigenvalue weighted by Crippen LogP contribution is -2.45. The number of carbonyl (C=O) groups excluding carboxylic acids is 1. The first-order chi connectivity index (χ1) is 12.4. The van der Waals surface area contributed by atoms with E-state index in [-0.39, 0.29) is 18.4 Å². The van der Waals surface area contributed by atoms with Crippen LogP contribution >= 0.6 is 38.9 Å². The number of sulfonamides is 1. The van der Waals surface area contributed by atoms with Crippen LogP contribution < -0.4 is 5.32 Å². The summed E-state index contributed by atoms with van der Waals surface area (Å²) in [7, 11) is -3.56. The molecule has 0 unspecified atom stereocenters. The predicted molar refractivity (Wildman–Crippen MR) is 107 cm³/mol. The molecule has 0 bridgehead atoms. The molecule has 0 radical (unpaired) electrons. The molecule has 5 nitrogen and oxygen atoms in total. The molecule has 1 aromatic heterocycles. The number of benzene rings is 1. The molecule has 1 atom stereocenters. The van der Waals surface area contributed by atoms with E-state index in [2.05, 4.69) is 21.2 Å². The first-order valence-corrected chi connectivity index (χ1v) is 11.6. The van der Waals surface area contributed by atoms with Crippen LogP contribution in [0, 0.1) is 5.92 Å². The third-order valence-electron chi connectivity index (χ3n) is 4.31. The van der Waals surface area contributed by atoms with Crippen LogP contribution in [0.1, 0.15) is 18.4 Å². The maximum atomic E-state index is 12.8. The van der Waals surface area contributed by atoms with Gasteiger partial charge in [0.2, 0.25) is 5.91 Å². The van der Waals surface area contributed by atoms with Crippen LogP contribution in [-0.2, 0) is 21.4 Å². The maximum absolute atomic E-state index is 12.8. The number of carbonyl (C=O) groups is 1. The molecule has 1 amide bonds. The number of thiophene rings is 1. The number of rotatable bonds is 5. The van der Waals surface area contributed by atoms with Gasteiger partial charge in [0.15, 0.2) is 0 Å². The lowest BCUT2D eigenvalue weighted by atomic mass is 9.99. The van der Waals surface area contributed by atoms with E-state index in [1.807, 2.05) is 18.2 Å². The second-order valence-corrected chi connectivity index (χ2v) is 11.1. The molecule has 140 valence electrons. The van der Waals surface area contributed by atoms with Crippen molar-refractivity contribution in [2.45, 2.75) is 23.6 Å². The second-order valence-electron chi connectivity index (χ2n) is 6.07. The zero-order valence-corrected chi connectivity index (χ0v) is 17.8. The van der Waals surface area contributed by atoms with Gasteiger partial charge in [-0.1, -0.05) is 29.8 Å². The highest BCUT2D eigenvalue weighted by Crippen LogP contribution is 2.31. The van der Waals surface area contributed by atoms with Gasteiger partial charge >= 0.3 is 0 Å². The Kier molecular flexibility index (Phi) is 6.40. The zero-order chi connectivity index (χ0) is 18.7. The molecule has 1 fully saturated rings. The van der Waals surface area contributed by atoms with Crippen molar-refractivity contribution in [2.75, 3.05) is 13.1 Å². The van der Waals surface area contributed by atoms with Crippen molar-refractivity contribution < 1.29 is 13.2 Å². The Morgan fingerprint density at radius 1 is 1.31 bits per heavy atom. The SMILES string of the molecule is O=C(NCc1ccccc1Cl)[C@H]1CCCN(S(=O)(=O)c2ccc(Br)s2)C1. The van der Waals surface area contributed by atoms with E-state index in [1.54, 1.807) is 18.2 Å². The Hall–Kier alpha value is -0.930. The first-order valence-electron chi connectivity index (χ1n) is 8.14. The fourth-order valence-corrected chi connectivity index (χ4v) is 6.80. The third-order valence-corrected chi connectivity index (χ3v) is 8.63. The van der Waals surface area contributed by atoms with Gasteiger partial charge in [-0.3, -0.25) is 4.79 Å². The number of amides is 1. The summed E-state index contributed by atoms with van der Waals surface area (Å²) in [5, 5.41) is 3.48. The molecule has 1 N–H and O–H groups in total. The molecule has 2 aromatic rings. The molecular weight excluding hydrogens is 460 g/mol. The van der Waals surface area contributed by atoms with Gasteiger partial charge in [0, 0.05) is 24.7 Å². The van der Waals surface area contributed by atoms with Crippen molar-refractivity contribution in [3.05, 3.63) is 50.8 Å². The van der Waals surface area contributed by atoms with Crippen LogP contribution in [0.5, 0.6) is 0 Å². The highest BCUT2D eigenvalue weighted by molar-refractivity contribution is 9.11. The largest absolute Gasteiger partial charge is 0.352 e. The molecule has 1 aliphatic rings. The average molecular weight is 478 g/mol. The van der Waals surface area contributed by atoms with Crippen molar-refractivity contribution in [2.24, 2.45) is 5.92 Å². The zero-order valence-electron chi connectivity index (χ0n) is 13.8. The monoisotopic (exact) mass is 476 g/mol. The van der Waals surface area contributed by atoms with Gasteiger partial charge in [0.1, 0.15) is 4.21 Å². The van der Waals surface area contributed by atoms with Crippen molar-refractivity contribution in [3.63, 3.8) is 0 Å². The van der Waals surface area contributed by atoms with E-state index in [4.69, 9.17) is 11.6 Å². The molecule has 26 heavy (non-hydrogen) atoms. The van der Waals surface area contributed by atoms with Crippen molar-refractivity contribution in [1.29, 1.82) is 0 Å². The molecular formula is C17H18BrClN2O3S2. The van der Waals surface area contributed by atoms with Gasteiger partial charge < -0.3 is 5.32 Å². The van der Waals surface area contributed by atoms with E-state index < -0.39 is 10.0 Å². The molecule has 9 heteroatoms. The third kappa shape index (κ3) is 4.48. The minimum Gasteiger partial charge on any atom is -0.352 e. The van der Waals surface area contributed by atoms with Gasteiger partial charge in [-0.15, -0.1) is 11.3 Å². The molecule has 1 aliphatic heterocycles. The van der Waals surface area contributed by atoms with E-state index in [1.165, 1.54) is 15.6 Å². The lowest BCUT2D eigenvalue weighted by Gasteiger charge is -2.30. The summed E-state index contributed by atoms with van der Waals surface area (Å²) in [6, 6.07) is 10.6. The number of hydrogen-bond donors (Lipinski definition) is 1. The topological polar surface area (TPSA) is 66.5 Å². The molecule has 0 aliphatic carbocycles. The highest BCUT2D eigenvalue weighted by Gasteiger charge is 2.34. The summed E-state index contributed by atoms with van der Waals surface area (Å²) in [5.41, 5.74) is 0.839. The fraction of sp³-hybridized carbons (Fsp3) is 0.353. The van der Waals surface area contributed by atoms with Crippen LogP contribution in [0.4, 0.5) is 0 Å². The van der Waals surface area contributed by atoms with Crippen molar-refractivity contribution >= 4 is 54.8 Å². The lowest BCUT2D eigenvalue weighted by molar-refractivity contribution is -0.126. The molecule has 2 heterocycles. The Morgan fingerprint density at radius 3 is 2.77 bits per heavy atom. The van der Waals surface area contributed by atoms with Gasteiger partial charge in [0.05, 0.1) is 9.70 Å². The highest BCUT2D eigenvalue weighted by atomic mass is 79.9. The summed E-state index contributed by atoms with van der Waals surface area (Å²) in [4.78, 5) is 12.5. The van der Waals surface area contributed by atoms with E-state index in [0.717, 1.165) is 9.35 Å². The minimum atomic E-state index is -3.56. The molecule has 0 saturated carbocycles. The fourth-order valence-electron chi connectivity index (χ4n) is 2.91. The van der Waals surface area contributed by atoms with Crippen molar-refractivity contribution in [1.82, 2.24) is 9.62 Å². The average Bonchev–Trinajstić information content (AvgIpc) is 3.08. The van der Waals surface area contributed by atoms with Crippen LogP contribution in [0.25, 0.3) is 0 Å². The Labute approximate surface area is 170 Å². The Balaban J connectivity index is 1.64. The number of nitrogens with one attached hydrogen (secondary N) is 1. The minimum absolute atomic E-state index is 0.142. The summed E-state index contributed by atoms with van der Waals surface area (Å²) in [6.45, 7) is 0.970. The standard InChI is InChI=1S/C17H18BrClN2O3S2/c18-15-7-8-16(25-15)26(23,24)21-9-3-5-13(11-21)17(22)20-10-12-4-1-2-6-14(12)19/h1-2,4,6-8,13H,3,5,9-11H2,(H,20,22)/t13-/m0/s1. The summed E-state index contributed by atoms with van der Waals surface area (Å²) < 4.78 is 28.0. The predicted octanol–water partition coefficient (Wildman–Crippen LogP) is 3.88.